The van der Waals surface area contributed by atoms with E-state index in [-0.39, 0.29) is 6.03 Å². The fourth-order valence-electron chi connectivity index (χ4n) is 1.31. The van der Waals surface area contributed by atoms with Gasteiger partial charge < -0.3 is 10.6 Å². The molecule has 4 heteroatoms. The molecule has 2 N–H and O–H groups in total. The number of hydrogen-bond donors (Lipinski definition) is 1. The molecular formula is C11H17N3O. The van der Waals surface area contributed by atoms with Crippen LogP contribution in [0.4, 0.5) is 10.5 Å². The van der Waals surface area contributed by atoms with Crippen LogP contribution in [-0.2, 0) is 0 Å². The summed E-state index contributed by atoms with van der Waals surface area (Å²) < 4.78 is 0. The van der Waals surface area contributed by atoms with Crippen LogP contribution in [0.25, 0.3) is 0 Å². The monoisotopic (exact) mass is 207 g/mol. The van der Waals surface area contributed by atoms with E-state index in [9.17, 15) is 4.79 Å². The number of rotatable bonds is 3. The van der Waals surface area contributed by atoms with Gasteiger partial charge in [0.1, 0.15) is 0 Å². The van der Waals surface area contributed by atoms with E-state index in [1.165, 1.54) is 0 Å². The third-order valence-corrected chi connectivity index (χ3v) is 2.22. The molecule has 0 aliphatic rings. The maximum atomic E-state index is 11.8. The van der Waals surface area contributed by atoms with Gasteiger partial charge in [0.2, 0.25) is 0 Å². The summed E-state index contributed by atoms with van der Waals surface area (Å²) in [5.41, 5.74) is 6.27. The molecule has 0 aromatic heterocycles. The molecule has 2 amide bonds. The fraction of sp³-hybridized carbons (Fsp3) is 0.364. The molecule has 0 saturated heterocycles. The third kappa shape index (κ3) is 2.95. The summed E-state index contributed by atoms with van der Waals surface area (Å²) in [5, 5.41) is 0. The molecule has 0 atom stereocenters. The predicted octanol–water partition coefficient (Wildman–Crippen LogP) is 1.13. The molecule has 0 bridgehead atoms. The summed E-state index contributed by atoms with van der Waals surface area (Å²) in [6.07, 6.45) is 0. The van der Waals surface area contributed by atoms with E-state index in [0.29, 0.717) is 13.1 Å². The number of carbonyl (C=O) groups is 1. The molecule has 0 aliphatic carbocycles. The lowest BCUT2D eigenvalue weighted by molar-refractivity contribution is 0.218. The topological polar surface area (TPSA) is 49.6 Å². The van der Waals surface area contributed by atoms with Crippen molar-refractivity contribution in [3.63, 3.8) is 0 Å². The van der Waals surface area contributed by atoms with Crippen LogP contribution in [-0.4, -0.2) is 38.1 Å². The van der Waals surface area contributed by atoms with Gasteiger partial charge in [0.25, 0.3) is 0 Å². The molecule has 0 fully saturated rings. The minimum atomic E-state index is -0.0494. The lowest BCUT2D eigenvalue weighted by Gasteiger charge is -2.24. The number of benzene rings is 1. The maximum absolute atomic E-state index is 11.8. The molecule has 1 aromatic rings. The second-order valence-corrected chi connectivity index (χ2v) is 3.39. The van der Waals surface area contributed by atoms with Gasteiger partial charge in [-0.3, -0.25) is 4.90 Å². The molecular weight excluding hydrogens is 190 g/mol. The van der Waals surface area contributed by atoms with Crippen molar-refractivity contribution in [2.45, 2.75) is 0 Å². The minimum absolute atomic E-state index is 0.0494. The zero-order chi connectivity index (χ0) is 11.3. The molecule has 0 radical (unpaired) electrons. The number of anilines is 1. The van der Waals surface area contributed by atoms with Crippen molar-refractivity contribution in [1.29, 1.82) is 0 Å². The highest BCUT2D eigenvalue weighted by atomic mass is 16.2. The second kappa shape index (κ2) is 5.36. The zero-order valence-electron chi connectivity index (χ0n) is 9.18. The molecule has 1 rings (SSSR count). The van der Waals surface area contributed by atoms with Crippen molar-refractivity contribution < 1.29 is 4.79 Å². The van der Waals surface area contributed by atoms with Crippen LogP contribution >= 0.6 is 0 Å². The third-order valence-electron chi connectivity index (χ3n) is 2.22. The lowest BCUT2D eigenvalue weighted by Crippen LogP contribution is -2.41. The van der Waals surface area contributed by atoms with Gasteiger partial charge in [-0.25, -0.2) is 4.79 Å². The molecule has 82 valence electrons. The van der Waals surface area contributed by atoms with Gasteiger partial charge >= 0.3 is 6.03 Å². The van der Waals surface area contributed by atoms with Crippen LogP contribution in [0.15, 0.2) is 30.3 Å². The Bertz CT molecular complexity index is 313. The Labute approximate surface area is 90.3 Å². The number of nitrogens with two attached hydrogens (primary N) is 1. The van der Waals surface area contributed by atoms with E-state index in [0.717, 1.165) is 5.69 Å². The van der Waals surface area contributed by atoms with E-state index in [4.69, 9.17) is 5.73 Å². The maximum Gasteiger partial charge on any atom is 0.323 e. The minimum Gasteiger partial charge on any atom is -0.329 e. The fourth-order valence-corrected chi connectivity index (χ4v) is 1.31. The van der Waals surface area contributed by atoms with Crippen molar-refractivity contribution in [3.8, 4) is 0 Å². The van der Waals surface area contributed by atoms with E-state index in [1.807, 2.05) is 30.3 Å². The number of likely N-dealkylation sites (N-methyl/N-ethyl adjacent to an activating group) is 1. The molecule has 15 heavy (non-hydrogen) atoms. The van der Waals surface area contributed by atoms with Gasteiger partial charge in [-0.1, -0.05) is 18.2 Å². The highest BCUT2D eigenvalue weighted by Gasteiger charge is 2.14. The Kier molecular flexibility index (Phi) is 4.12. The van der Waals surface area contributed by atoms with Crippen LogP contribution in [0.5, 0.6) is 0 Å². The van der Waals surface area contributed by atoms with Crippen LogP contribution in [0.1, 0.15) is 0 Å². The SMILES string of the molecule is CN(CCN)C(=O)N(C)c1ccccc1. The van der Waals surface area contributed by atoms with Gasteiger partial charge in [0, 0.05) is 32.9 Å². The van der Waals surface area contributed by atoms with Gasteiger partial charge in [-0.2, -0.15) is 0 Å². The molecule has 1 aromatic carbocycles. The summed E-state index contributed by atoms with van der Waals surface area (Å²) in [4.78, 5) is 15.0. The van der Waals surface area contributed by atoms with Crippen LogP contribution in [0, 0.1) is 0 Å². The largest absolute Gasteiger partial charge is 0.329 e. The first-order valence-electron chi connectivity index (χ1n) is 4.90. The predicted molar refractivity (Wildman–Crippen MR) is 61.9 cm³/mol. The summed E-state index contributed by atoms with van der Waals surface area (Å²) in [6, 6.07) is 9.48. The standard InChI is InChI=1S/C11H17N3O/c1-13(9-8-12)11(15)14(2)10-6-4-3-5-7-10/h3-7H,8-9,12H2,1-2H3. The first-order chi connectivity index (χ1) is 7.16. The lowest BCUT2D eigenvalue weighted by atomic mass is 10.3. The Morgan fingerprint density at radius 2 is 1.87 bits per heavy atom. The molecule has 0 unspecified atom stereocenters. The Hall–Kier alpha value is -1.55. The van der Waals surface area contributed by atoms with Crippen LogP contribution in [0.3, 0.4) is 0 Å². The number of para-hydroxylation sites is 1. The van der Waals surface area contributed by atoms with Gasteiger partial charge in [0.05, 0.1) is 0 Å². The smallest absolute Gasteiger partial charge is 0.323 e. The Morgan fingerprint density at radius 1 is 1.27 bits per heavy atom. The Balaban J connectivity index is 2.69. The van der Waals surface area contributed by atoms with Gasteiger partial charge in [-0.15, -0.1) is 0 Å². The number of hydrogen-bond acceptors (Lipinski definition) is 2. The van der Waals surface area contributed by atoms with E-state index < -0.39 is 0 Å². The summed E-state index contributed by atoms with van der Waals surface area (Å²) in [5.74, 6) is 0. The molecule has 0 saturated carbocycles. The molecule has 0 heterocycles. The molecule has 4 nitrogen and oxygen atoms in total. The van der Waals surface area contributed by atoms with Crippen molar-refractivity contribution in [3.05, 3.63) is 30.3 Å². The molecule has 0 spiro atoms. The van der Waals surface area contributed by atoms with Crippen molar-refractivity contribution >= 4 is 11.7 Å². The number of carbonyl (C=O) groups excluding carboxylic acids is 1. The molecule has 0 aliphatic heterocycles. The Morgan fingerprint density at radius 3 is 2.40 bits per heavy atom. The average molecular weight is 207 g/mol. The highest BCUT2D eigenvalue weighted by molar-refractivity contribution is 5.91. The van der Waals surface area contributed by atoms with Crippen LogP contribution in [0.2, 0.25) is 0 Å². The first kappa shape index (κ1) is 11.5. The van der Waals surface area contributed by atoms with Gasteiger partial charge in [-0.05, 0) is 12.1 Å². The quantitative estimate of drug-likeness (QED) is 0.807. The number of nitrogens with zero attached hydrogens (tertiary/aromatic N) is 2. The van der Waals surface area contributed by atoms with Gasteiger partial charge in [0.15, 0.2) is 0 Å². The van der Waals surface area contributed by atoms with Crippen molar-refractivity contribution in [1.82, 2.24) is 4.90 Å². The van der Waals surface area contributed by atoms with E-state index >= 15 is 0 Å². The second-order valence-electron chi connectivity index (χ2n) is 3.39. The zero-order valence-corrected chi connectivity index (χ0v) is 9.18. The summed E-state index contributed by atoms with van der Waals surface area (Å²) in [7, 11) is 3.50. The van der Waals surface area contributed by atoms with Crippen molar-refractivity contribution in [2.24, 2.45) is 5.73 Å². The van der Waals surface area contributed by atoms with Crippen molar-refractivity contribution in [2.75, 3.05) is 32.1 Å². The average Bonchev–Trinajstić information content (AvgIpc) is 2.28. The summed E-state index contributed by atoms with van der Waals surface area (Å²) >= 11 is 0. The normalized spacial score (nSPS) is 9.80. The first-order valence-corrected chi connectivity index (χ1v) is 4.90. The van der Waals surface area contributed by atoms with Crippen LogP contribution < -0.4 is 10.6 Å². The number of urea groups is 1. The number of amides is 2. The van der Waals surface area contributed by atoms with E-state index in [1.54, 1.807) is 23.9 Å². The summed E-state index contributed by atoms with van der Waals surface area (Å²) in [6.45, 7) is 1.04. The highest BCUT2D eigenvalue weighted by Crippen LogP contribution is 2.12. The van der Waals surface area contributed by atoms with E-state index in [2.05, 4.69) is 0 Å².